The van der Waals surface area contributed by atoms with Crippen molar-refractivity contribution in [3.05, 3.63) is 48.3 Å². The topological polar surface area (TPSA) is 47.5 Å². The molecule has 1 aromatic carbocycles. The van der Waals surface area contributed by atoms with Crippen molar-refractivity contribution in [3.63, 3.8) is 0 Å². The van der Waals surface area contributed by atoms with E-state index in [0.29, 0.717) is 6.54 Å². The lowest BCUT2D eigenvalue weighted by Crippen LogP contribution is -2.33. The molecular weight excluding hydrogens is 278 g/mol. The second-order valence-corrected chi connectivity index (χ2v) is 5.38. The molecule has 116 valence electrons. The van der Waals surface area contributed by atoms with E-state index in [1.807, 2.05) is 24.3 Å². The molecule has 1 aliphatic rings. The van der Waals surface area contributed by atoms with E-state index in [4.69, 9.17) is 9.47 Å². The van der Waals surface area contributed by atoms with Gasteiger partial charge in [0.15, 0.2) is 0 Å². The molecule has 0 N–H and O–H groups in total. The summed E-state index contributed by atoms with van der Waals surface area (Å²) in [4.78, 5) is 10.9. The summed E-state index contributed by atoms with van der Waals surface area (Å²) >= 11 is 0. The Hall–Kier alpha value is -2.14. The molecule has 2 aromatic rings. The van der Waals surface area contributed by atoms with Crippen molar-refractivity contribution in [1.82, 2.24) is 9.97 Å². The molecular formula is C17H21N3O2. The Kier molecular flexibility index (Phi) is 4.85. The van der Waals surface area contributed by atoms with Crippen LogP contribution in [0.25, 0.3) is 0 Å². The quantitative estimate of drug-likeness (QED) is 0.820. The van der Waals surface area contributed by atoms with Gasteiger partial charge in [0, 0.05) is 37.7 Å². The number of benzene rings is 1. The second-order valence-electron chi connectivity index (χ2n) is 5.38. The Labute approximate surface area is 130 Å². The van der Waals surface area contributed by atoms with Crippen LogP contribution in [-0.2, 0) is 11.3 Å². The number of para-hydroxylation sites is 1. The van der Waals surface area contributed by atoms with Crippen molar-refractivity contribution < 1.29 is 9.47 Å². The average molecular weight is 299 g/mol. The van der Waals surface area contributed by atoms with Gasteiger partial charge in [-0.1, -0.05) is 18.2 Å². The van der Waals surface area contributed by atoms with Gasteiger partial charge >= 0.3 is 0 Å². The maximum Gasteiger partial charge on any atom is 0.225 e. The van der Waals surface area contributed by atoms with Crippen LogP contribution < -0.4 is 9.64 Å². The van der Waals surface area contributed by atoms with Crippen LogP contribution in [0.5, 0.6) is 5.75 Å². The first kappa shape index (κ1) is 14.8. The van der Waals surface area contributed by atoms with Gasteiger partial charge < -0.3 is 14.4 Å². The highest BCUT2D eigenvalue weighted by Crippen LogP contribution is 2.23. The zero-order chi connectivity index (χ0) is 15.2. The molecule has 0 aliphatic carbocycles. The number of anilines is 1. The summed E-state index contributed by atoms with van der Waals surface area (Å²) in [6.07, 6.45) is 6.01. The van der Waals surface area contributed by atoms with Crippen molar-refractivity contribution >= 4 is 5.95 Å². The van der Waals surface area contributed by atoms with Crippen molar-refractivity contribution in [3.8, 4) is 5.75 Å². The SMILES string of the molecule is COc1ccccc1CN(C[C@H]1CCCO1)c1ncccn1. The summed E-state index contributed by atoms with van der Waals surface area (Å²) in [5.41, 5.74) is 1.12. The molecule has 5 nitrogen and oxygen atoms in total. The maximum absolute atomic E-state index is 5.77. The van der Waals surface area contributed by atoms with Gasteiger partial charge in [0.05, 0.1) is 13.2 Å². The van der Waals surface area contributed by atoms with E-state index in [2.05, 4.69) is 20.9 Å². The first-order chi connectivity index (χ1) is 10.9. The largest absolute Gasteiger partial charge is 0.496 e. The van der Waals surface area contributed by atoms with Gasteiger partial charge in [-0.15, -0.1) is 0 Å². The number of ether oxygens (including phenoxy) is 2. The molecule has 22 heavy (non-hydrogen) atoms. The van der Waals surface area contributed by atoms with Gasteiger partial charge in [-0.3, -0.25) is 0 Å². The predicted octanol–water partition coefficient (Wildman–Crippen LogP) is 2.67. The molecule has 0 spiro atoms. The predicted molar refractivity (Wildman–Crippen MR) is 85.1 cm³/mol. The summed E-state index contributed by atoms with van der Waals surface area (Å²) in [6, 6.07) is 9.88. The van der Waals surface area contributed by atoms with Crippen molar-refractivity contribution in [2.75, 3.05) is 25.2 Å². The summed E-state index contributed by atoms with van der Waals surface area (Å²) in [6.45, 7) is 2.35. The van der Waals surface area contributed by atoms with Gasteiger partial charge in [-0.25, -0.2) is 9.97 Å². The van der Waals surface area contributed by atoms with Crippen molar-refractivity contribution in [1.29, 1.82) is 0 Å². The van der Waals surface area contributed by atoms with Crippen LogP contribution in [-0.4, -0.2) is 36.3 Å². The lowest BCUT2D eigenvalue weighted by atomic mass is 10.1. The fourth-order valence-electron chi connectivity index (χ4n) is 2.74. The highest BCUT2D eigenvalue weighted by molar-refractivity contribution is 5.38. The average Bonchev–Trinajstić information content (AvgIpc) is 3.08. The van der Waals surface area contributed by atoms with E-state index in [-0.39, 0.29) is 6.10 Å². The van der Waals surface area contributed by atoms with Crippen LogP contribution >= 0.6 is 0 Å². The Morgan fingerprint density at radius 2 is 2.05 bits per heavy atom. The molecule has 0 saturated carbocycles. The Morgan fingerprint density at radius 3 is 2.77 bits per heavy atom. The molecule has 0 amide bonds. The van der Waals surface area contributed by atoms with E-state index in [1.165, 1.54) is 0 Å². The van der Waals surface area contributed by atoms with Crippen LogP contribution in [0.3, 0.4) is 0 Å². The van der Waals surface area contributed by atoms with Gasteiger partial charge in [0.2, 0.25) is 5.95 Å². The number of hydrogen-bond donors (Lipinski definition) is 0. The zero-order valence-corrected chi connectivity index (χ0v) is 12.8. The Balaban J connectivity index is 1.81. The summed E-state index contributed by atoms with van der Waals surface area (Å²) in [5, 5.41) is 0. The monoisotopic (exact) mass is 299 g/mol. The molecule has 1 saturated heterocycles. The van der Waals surface area contributed by atoms with E-state index in [1.54, 1.807) is 19.5 Å². The third kappa shape index (κ3) is 3.54. The smallest absolute Gasteiger partial charge is 0.225 e. The van der Waals surface area contributed by atoms with Gasteiger partial charge in [0.1, 0.15) is 5.75 Å². The van der Waals surface area contributed by atoms with Gasteiger partial charge in [0.25, 0.3) is 0 Å². The standard InChI is InChI=1S/C17H21N3O2/c1-21-16-8-3-2-6-14(16)12-20(13-15-7-4-11-22-15)17-18-9-5-10-19-17/h2-3,5-6,8-10,15H,4,7,11-13H2,1H3/t15-/m1/s1. The van der Waals surface area contributed by atoms with Crippen LogP contribution in [0.2, 0.25) is 0 Å². The van der Waals surface area contributed by atoms with Gasteiger partial charge in [-0.05, 0) is 25.0 Å². The minimum atomic E-state index is 0.249. The van der Waals surface area contributed by atoms with E-state index in [0.717, 1.165) is 43.3 Å². The van der Waals surface area contributed by atoms with E-state index >= 15 is 0 Å². The molecule has 0 bridgehead atoms. The molecule has 3 rings (SSSR count). The lowest BCUT2D eigenvalue weighted by Gasteiger charge is -2.26. The Bertz CT molecular complexity index is 585. The molecule has 0 radical (unpaired) electrons. The lowest BCUT2D eigenvalue weighted by molar-refractivity contribution is 0.115. The summed E-state index contributed by atoms with van der Waals surface area (Å²) in [5.74, 6) is 1.61. The van der Waals surface area contributed by atoms with Crippen LogP contribution in [0.4, 0.5) is 5.95 Å². The third-order valence-corrected chi connectivity index (χ3v) is 3.84. The first-order valence-electron chi connectivity index (χ1n) is 7.62. The number of methoxy groups -OCH3 is 1. The van der Waals surface area contributed by atoms with Gasteiger partial charge in [-0.2, -0.15) is 0 Å². The maximum atomic E-state index is 5.77. The van der Waals surface area contributed by atoms with Crippen LogP contribution in [0.15, 0.2) is 42.7 Å². The zero-order valence-electron chi connectivity index (χ0n) is 12.8. The summed E-state index contributed by atoms with van der Waals surface area (Å²) < 4.78 is 11.2. The minimum absolute atomic E-state index is 0.249. The molecule has 1 aliphatic heterocycles. The molecule has 1 fully saturated rings. The second kappa shape index (κ2) is 7.22. The molecule has 1 aromatic heterocycles. The molecule has 5 heteroatoms. The third-order valence-electron chi connectivity index (χ3n) is 3.84. The first-order valence-corrected chi connectivity index (χ1v) is 7.62. The normalized spacial score (nSPS) is 17.4. The number of hydrogen-bond acceptors (Lipinski definition) is 5. The van der Waals surface area contributed by atoms with Crippen molar-refractivity contribution in [2.24, 2.45) is 0 Å². The van der Waals surface area contributed by atoms with E-state index in [9.17, 15) is 0 Å². The fourth-order valence-corrected chi connectivity index (χ4v) is 2.74. The minimum Gasteiger partial charge on any atom is -0.496 e. The highest BCUT2D eigenvalue weighted by atomic mass is 16.5. The molecule has 2 heterocycles. The number of nitrogens with zero attached hydrogens (tertiary/aromatic N) is 3. The Morgan fingerprint density at radius 1 is 1.23 bits per heavy atom. The summed E-state index contributed by atoms with van der Waals surface area (Å²) in [7, 11) is 1.70. The highest BCUT2D eigenvalue weighted by Gasteiger charge is 2.21. The fraction of sp³-hybridized carbons (Fsp3) is 0.412. The van der Waals surface area contributed by atoms with Crippen molar-refractivity contribution in [2.45, 2.75) is 25.5 Å². The number of rotatable bonds is 6. The number of aromatic nitrogens is 2. The van der Waals surface area contributed by atoms with Crippen LogP contribution in [0, 0.1) is 0 Å². The molecule has 0 unspecified atom stereocenters. The van der Waals surface area contributed by atoms with E-state index < -0.39 is 0 Å². The van der Waals surface area contributed by atoms with Crippen LogP contribution in [0.1, 0.15) is 18.4 Å². The molecule has 1 atom stereocenters.